The number of ketones is 1. The number of benzene rings is 1. The van der Waals surface area contributed by atoms with Crippen molar-refractivity contribution in [2.24, 2.45) is 0 Å². The molecule has 0 aliphatic carbocycles. The highest BCUT2D eigenvalue weighted by Gasteiger charge is 2.31. The summed E-state index contributed by atoms with van der Waals surface area (Å²) in [5.41, 5.74) is 5.38. The molecule has 0 saturated carbocycles. The van der Waals surface area contributed by atoms with E-state index in [0.29, 0.717) is 50.7 Å². The first kappa shape index (κ1) is 31.3. The lowest BCUT2D eigenvalue weighted by Gasteiger charge is -2.24. The van der Waals surface area contributed by atoms with Crippen LogP contribution in [0.25, 0.3) is 0 Å². The second-order valence-electron chi connectivity index (χ2n) is 8.43. The van der Waals surface area contributed by atoms with E-state index in [1.807, 2.05) is 6.07 Å². The Balaban J connectivity index is 2.28. The number of methoxy groups -OCH3 is 2. The highest BCUT2D eigenvalue weighted by atomic mass is 32.2. The molecule has 0 saturated heterocycles. The molecule has 2 aromatic rings. The summed E-state index contributed by atoms with van der Waals surface area (Å²) in [6.45, 7) is 3.05. The molecule has 0 fully saturated rings. The molecule has 1 aromatic heterocycles. The summed E-state index contributed by atoms with van der Waals surface area (Å²) in [6.07, 6.45) is -2.08. The maximum atomic E-state index is 13.4. The van der Waals surface area contributed by atoms with E-state index in [9.17, 15) is 23.2 Å². The lowest BCUT2D eigenvalue weighted by molar-refractivity contribution is -0.137. The molecular formula is C25H33F3N6O3S. The number of aromatic nitrogens is 2. The largest absolute Gasteiger partial charge is 0.416 e. The number of hydrogen-bond donors (Lipinski definition) is 2. The van der Waals surface area contributed by atoms with Gasteiger partial charge in [-0.1, -0.05) is 18.2 Å². The first-order valence-corrected chi connectivity index (χ1v) is 13.1. The summed E-state index contributed by atoms with van der Waals surface area (Å²) in [5.74, 6) is -0.288. The third-order valence-electron chi connectivity index (χ3n) is 5.72. The van der Waals surface area contributed by atoms with E-state index in [2.05, 4.69) is 20.2 Å². The van der Waals surface area contributed by atoms with Gasteiger partial charge in [0.05, 0.1) is 24.8 Å². The number of thioether (sulfide) groups is 1. The summed E-state index contributed by atoms with van der Waals surface area (Å²) in [4.78, 5) is 23.7. The van der Waals surface area contributed by atoms with Gasteiger partial charge in [-0.05, 0) is 37.3 Å². The second kappa shape index (κ2) is 15.5. The quantitative estimate of drug-likeness (QED) is 0.235. The fourth-order valence-corrected chi connectivity index (χ4v) is 4.30. The van der Waals surface area contributed by atoms with Gasteiger partial charge in [0.15, 0.2) is 11.6 Å². The van der Waals surface area contributed by atoms with Crippen molar-refractivity contribution in [3.05, 3.63) is 41.0 Å². The van der Waals surface area contributed by atoms with Gasteiger partial charge < -0.3 is 20.5 Å². The van der Waals surface area contributed by atoms with Gasteiger partial charge in [0.2, 0.25) is 5.95 Å². The number of alkyl halides is 3. The van der Waals surface area contributed by atoms with Crippen molar-refractivity contribution in [2.75, 3.05) is 64.4 Å². The number of rotatable bonds is 16. The fraction of sp³-hybridized carbons (Fsp3) is 0.520. The summed E-state index contributed by atoms with van der Waals surface area (Å²) >= 11 is 1.21. The Labute approximate surface area is 224 Å². The molecule has 2 rings (SSSR count). The Morgan fingerprint density at radius 3 is 2.47 bits per heavy atom. The molecule has 1 atom stereocenters. The van der Waals surface area contributed by atoms with Crippen LogP contribution in [0.15, 0.2) is 29.3 Å². The van der Waals surface area contributed by atoms with Crippen LogP contribution < -0.4 is 11.1 Å². The maximum Gasteiger partial charge on any atom is 0.416 e. The highest BCUT2D eigenvalue weighted by Crippen LogP contribution is 2.30. The number of nitriles is 1. The van der Waals surface area contributed by atoms with Crippen LogP contribution in [-0.4, -0.2) is 80.0 Å². The van der Waals surface area contributed by atoms with Crippen LogP contribution in [0, 0.1) is 11.3 Å². The van der Waals surface area contributed by atoms with Gasteiger partial charge in [0, 0.05) is 33.7 Å². The van der Waals surface area contributed by atoms with Crippen molar-refractivity contribution in [3.63, 3.8) is 0 Å². The number of nitrogens with zero attached hydrogens (tertiary/aromatic N) is 4. The first-order valence-electron chi connectivity index (χ1n) is 11.9. The minimum absolute atomic E-state index is 0.0646. The number of anilines is 2. The molecule has 208 valence electrons. The van der Waals surface area contributed by atoms with E-state index in [4.69, 9.17) is 15.2 Å². The summed E-state index contributed by atoms with van der Waals surface area (Å²) in [5, 5.41) is 13.1. The zero-order valence-electron chi connectivity index (χ0n) is 21.7. The molecule has 3 N–H and O–H groups in total. The molecule has 13 heteroatoms. The number of halogens is 3. The van der Waals surface area contributed by atoms with E-state index in [1.165, 1.54) is 23.9 Å². The third-order valence-corrected chi connectivity index (χ3v) is 6.40. The van der Waals surface area contributed by atoms with Crippen LogP contribution in [0.3, 0.4) is 0 Å². The Kier molecular flexibility index (Phi) is 12.8. The monoisotopic (exact) mass is 554 g/mol. The highest BCUT2D eigenvalue weighted by molar-refractivity contribution is 7.98. The van der Waals surface area contributed by atoms with E-state index >= 15 is 0 Å². The van der Waals surface area contributed by atoms with Gasteiger partial charge in [-0.2, -0.15) is 23.4 Å². The molecule has 0 amide bonds. The Hall–Kier alpha value is -2.92. The van der Waals surface area contributed by atoms with Gasteiger partial charge in [0.1, 0.15) is 16.7 Å². The molecule has 0 aliphatic rings. The van der Waals surface area contributed by atoms with Crippen molar-refractivity contribution >= 4 is 29.3 Å². The van der Waals surface area contributed by atoms with Gasteiger partial charge in [-0.3, -0.25) is 9.69 Å². The van der Waals surface area contributed by atoms with Crippen LogP contribution in [0.2, 0.25) is 0 Å². The van der Waals surface area contributed by atoms with Crippen molar-refractivity contribution in [1.29, 1.82) is 5.26 Å². The van der Waals surface area contributed by atoms with Crippen LogP contribution in [0.5, 0.6) is 0 Å². The Morgan fingerprint density at radius 1 is 1.21 bits per heavy atom. The molecule has 0 bridgehead atoms. The first-order chi connectivity index (χ1) is 18.1. The normalized spacial score (nSPS) is 12.4. The number of carbonyl (C=O) groups excluding carboxylic acids is 1. The molecule has 9 nitrogen and oxygen atoms in total. The number of Topliss-reactive ketones (excluding diaryl/α,β-unsaturated/α-hetero) is 1. The average molecular weight is 555 g/mol. The Bertz CT molecular complexity index is 1090. The number of hydrogen-bond acceptors (Lipinski definition) is 10. The second-order valence-corrected chi connectivity index (χ2v) is 9.23. The summed E-state index contributed by atoms with van der Waals surface area (Å²) < 4.78 is 49.9. The molecule has 0 radical (unpaired) electrons. The Morgan fingerprint density at radius 2 is 1.89 bits per heavy atom. The van der Waals surface area contributed by atoms with E-state index in [1.54, 1.807) is 20.5 Å². The van der Waals surface area contributed by atoms with E-state index in [0.717, 1.165) is 12.1 Å². The predicted molar refractivity (Wildman–Crippen MR) is 140 cm³/mol. The van der Waals surface area contributed by atoms with Crippen LogP contribution in [0.4, 0.5) is 24.9 Å². The lowest BCUT2D eigenvalue weighted by atomic mass is 9.98. The molecule has 38 heavy (non-hydrogen) atoms. The molecule has 0 spiro atoms. The van der Waals surface area contributed by atoms with Crippen LogP contribution in [0.1, 0.15) is 29.5 Å². The van der Waals surface area contributed by atoms with Crippen LogP contribution in [-0.2, 0) is 26.9 Å². The maximum absolute atomic E-state index is 13.4. The predicted octanol–water partition coefficient (Wildman–Crippen LogP) is 3.64. The van der Waals surface area contributed by atoms with Gasteiger partial charge in [0.25, 0.3) is 0 Å². The zero-order valence-corrected chi connectivity index (χ0v) is 22.5. The molecule has 0 aliphatic heterocycles. The van der Waals surface area contributed by atoms with E-state index < -0.39 is 17.8 Å². The van der Waals surface area contributed by atoms with Crippen LogP contribution >= 0.6 is 11.8 Å². The van der Waals surface area contributed by atoms with Gasteiger partial charge in [-0.25, -0.2) is 4.98 Å². The van der Waals surface area contributed by atoms with Crippen molar-refractivity contribution in [3.8, 4) is 6.07 Å². The standard InChI is InChI=1S/C25H33F3N6O3S/c1-36-12-10-34(11-13-37-2)9-5-8-20(31-22-19(16-29)23(38-3)33-24(30)32-22)21(35)15-17-6-4-7-18(14-17)25(26,27)28/h4,6-7,14,20H,5,8-13,15H2,1-3H3,(H3,30,31,32,33)/t20-/m0/s1. The smallest absolute Gasteiger partial charge is 0.383 e. The fourth-order valence-electron chi connectivity index (χ4n) is 3.77. The SMILES string of the molecule is COCCN(CCC[C@H](Nc1nc(N)nc(SC)c1C#N)C(=O)Cc1cccc(C(F)(F)F)c1)CCOC. The zero-order chi connectivity index (χ0) is 28.1. The molecular weight excluding hydrogens is 521 g/mol. The van der Waals surface area contributed by atoms with Gasteiger partial charge in [-0.15, -0.1) is 11.8 Å². The summed E-state index contributed by atoms with van der Waals surface area (Å²) in [6, 6.07) is 5.92. The topological polar surface area (TPSA) is 126 Å². The number of carbonyl (C=O) groups is 1. The molecule has 1 aromatic carbocycles. The number of nitrogen functional groups attached to an aromatic ring is 1. The third kappa shape index (κ3) is 9.75. The van der Waals surface area contributed by atoms with E-state index in [-0.39, 0.29) is 35.1 Å². The van der Waals surface area contributed by atoms with Crippen molar-refractivity contribution in [2.45, 2.75) is 36.5 Å². The van der Waals surface area contributed by atoms with Crippen molar-refractivity contribution < 1.29 is 27.4 Å². The molecule has 1 heterocycles. The molecule has 0 unspecified atom stereocenters. The number of nitrogens with two attached hydrogens (primary N) is 1. The average Bonchev–Trinajstić information content (AvgIpc) is 2.88. The summed E-state index contributed by atoms with van der Waals surface area (Å²) in [7, 11) is 3.23. The van der Waals surface area contributed by atoms with Gasteiger partial charge >= 0.3 is 6.18 Å². The number of ether oxygens (including phenoxy) is 2. The lowest BCUT2D eigenvalue weighted by Crippen LogP contribution is -2.35. The minimum Gasteiger partial charge on any atom is -0.383 e. The number of nitrogens with one attached hydrogen (secondary N) is 1. The van der Waals surface area contributed by atoms with Crippen molar-refractivity contribution in [1.82, 2.24) is 14.9 Å². The minimum atomic E-state index is -4.51.